The number of amides is 2. The topological polar surface area (TPSA) is 55.8 Å². The molecule has 0 atom stereocenters. The minimum atomic E-state index is -0.813. The standard InChI is InChI=1S/C18H25BrClNO4S/c1-17(2,3)24-15(22)21(16(23)25-18(4,5)6)13-9-8-12(19)14(20)11(13)10-26-7/h8-9H,10H2,1-7H3. The molecule has 0 saturated carbocycles. The minimum Gasteiger partial charge on any atom is -0.443 e. The predicted molar refractivity (Wildman–Crippen MR) is 111 cm³/mol. The Labute approximate surface area is 172 Å². The van der Waals surface area contributed by atoms with Gasteiger partial charge in [-0.3, -0.25) is 0 Å². The van der Waals surface area contributed by atoms with Crippen LogP contribution in [0.25, 0.3) is 0 Å². The third kappa shape index (κ3) is 6.67. The lowest BCUT2D eigenvalue weighted by molar-refractivity contribution is 0.0430. The van der Waals surface area contributed by atoms with E-state index in [-0.39, 0.29) is 0 Å². The van der Waals surface area contributed by atoms with Crippen molar-refractivity contribution in [2.24, 2.45) is 0 Å². The van der Waals surface area contributed by atoms with Crippen LogP contribution in [0.4, 0.5) is 15.3 Å². The van der Waals surface area contributed by atoms with Gasteiger partial charge in [-0.15, -0.1) is 0 Å². The lowest BCUT2D eigenvalue weighted by Gasteiger charge is -2.30. The number of hydrogen-bond acceptors (Lipinski definition) is 5. The molecule has 5 nitrogen and oxygen atoms in total. The zero-order valence-corrected chi connectivity index (χ0v) is 19.3. The molecule has 0 radical (unpaired) electrons. The van der Waals surface area contributed by atoms with Crippen molar-refractivity contribution in [2.75, 3.05) is 11.2 Å². The summed E-state index contributed by atoms with van der Waals surface area (Å²) < 4.78 is 11.5. The van der Waals surface area contributed by atoms with Gasteiger partial charge in [-0.1, -0.05) is 11.6 Å². The molecule has 0 aliphatic rings. The number of halogens is 2. The van der Waals surface area contributed by atoms with Crippen molar-refractivity contribution >= 4 is 57.2 Å². The fourth-order valence-electron chi connectivity index (χ4n) is 1.96. The number of anilines is 1. The molecule has 26 heavy (non-hydrogen) atoms. The SMILES string of the molecule is CSCc1c(N(C(=O)OC(C)(C)C)C(=O)OC(C)(C)C)ccc(Br)c1Cl. The van der Waals surface area contributed by atoms with Crippen LogP contribution in [0.5, 0.6) is 0 Å². The maximum absolute atomic E-state index is 12.8. The van der Waals surface area contributed by atoms with E-state index in [4.69, 9.17) is 21.1 Å². The first-order chi connectivity index (χ1) is 11.8. The van der Waals surface area contributed by atoms with Crippen LogP contribution in [-0.4, -0.2) is 29.6 Å². The molecular weight excluding hydrogens is 442 g/mol. The summed E-state index contributed by atoms with van der Waals surface area (Å²) in [5, 5.41) is 0.439. The van der Waals surface area contributed by atoms with Crippen molar-refractivity contribution < 1.29 is 19.1 Å². The van der Waals surface area contributed by atoms with Crippen LogP contribution >= 0.6 is 39.3 Å². The molecule has 0 unspecified atom stereocenters. The zero-order valence-electron chi connectivity index (χ0n) is 16.1. The molecule has 8 heteroatoms. The first-order valence-corrected chi connectivity index (χ1v) is 10.5. The van der Waals surface area contributed by atoms with Gasteiger partial charge in [0.1, 0.15) is 11.2 Å². The number of ether oxygens (including phenoxy) is 2. The predicted octanol–water partition coefficient (Wildman–Crippen LogP) is 6.64. The second-order valence-electron chi connectivity index (χ2n) is 7.59. The smallest absolute Gasteiger partial charge is 0.424 e. The average Bonchev–Trinajstić information content (AvgIpc) is 2.42. The average molecular weight is 467 g/mol. The Kier molecular flexibility index (Phi) is 7.87. The van der Waals surface area contributed by atoms with Gasteiger partial charge in [0.25, 0.3) is 0 Å². The maximum Gasteiger partial charge on any atom is 0.424 e. The van der Waals surface area contributed by atoms with E-state index < -0.39 is 23.4 Å². The number of imide groups is 1. The monoisotopic (exact) mass is 465 g/mol. The Morgan fingerprint density at radius 1 is 1.08 bits per heavy atom. The summed E-state index contributed by atoms with van der Waals surface area (Å²) in [6.07, 6.45) is 0.284. The lowest BCUT2D eigenvalue weighted by Crippen LogP contribution is -2.44. The highest BCUT2D eigenvalue weighted by atomic mass is 79.9. The van der Waals surface area contributed by atoms with E-state index in [2.05, 4.69) is 15.9 Å². The number of thioether (sulfide) groups is 1. The summed E-state index contributed by atoms with van der Waals surface area (Å²) in [6, 6.07) is 3.33. The van der Waals surface area contributed by atoms with Crippen LogP contribution < -0.4 is 4.90 Å². The number of carbonyl (C=O) groups excluding carboxylic acids is 2. The molecule has 0 aromatic heterocycles. The van der Waals surface area contributed by atoms with E-state index in [0.717, 1.165) is 4.90 Å². The van der Waals surface area contributed by atoms with Gasteiger partial charge in [0.2, 0.25) is 0 Å². The van der Waals surface area contributed by atoms with Crippen molar-refractivity contribution in [3.63, 3.8) is 0 Å². The number of carbonyl (C=O) groups is 2. The number of rotatable bonds is 3. The summed E-state index contributed by atoms with van der Waals surface area (Å²) >= 11 is 11.3. The molecule has 2 amide bonds. The molecule has 0 bridgehead atoms. The minimum absolute atomic E-state index is 0.344. The number of hydrogen-bond donors (Lipinski definition) is 0. The molecule has 0 heterocycles. The van der Waals surface area contributed by atoms with Gasteiger partial charge < -0.3 is 9.47 Å². The molecule has 1 rings (SSSR count). The summed E-state index contributed by atoms with van der Waals surface area (Å²) in [5.41, 5.74) is -0.548. The van der Waals surface area contributed by atoms with Gasteiger partial charge in [-0.25, -0.2) is 9.59 Å². The van der Waals surface area contributed by atoms with E-state index in [1.54, 1.807) is 53.7 Å². The molecule has 1 aromatic carbocycles. The highest BCUT2D eigenvalue weighted by Gasteiger charge is 2.34. The summed E-state index contributed by atoms with van der Waals surface area (Å²) in [4.78, 5) is 26.5. The molecule has 0 aliphatic heterocycles. The highest BCUT2D eigenvalue weighted by Crippen LogP contribution is 2.37. The summed E-state index contributed by atoms with van der Waals surface area (Å²) in [6.45, 7) is 10.4. The van der Waals surface area contributed by atoms with Crippen LogP contribution in [0.15, 0.2) is 16.6 Å². The van der Waals surface area contributed by atoms with Crippen LogP contribution in [-0.2, 0) is 15.2 Å². The van der Waals surface area contributed by atoms with Crippen molar-refractivity contribution in [1.29, 1.82) is 0 Å². The van der Waals surface area contributed by atoms with Crippen molar-refractivity contribution in [2.45, 2.75) is 58.5 Å². The fraction of sp³-hybridized carbons (Fsp3) is 0.556. The molecule has 0 spiro atoms. The van der Waals surface area contributed by atoms with Crippen molar-refractivity contribution in [1.82, 2.24) is 0 Å². The van der Waals surface area contributed by atoms with Crippen LogP contribution in [0.3, 0.4) is 0 Å². The van der Waals surface area contributed by atoms with Gasteiger partial charge in [-0.2, -0.15) is 16.7 Å². The maximum atomic E-state index is 12.8. The fourth-order valence-corrected chi connectivity index (χ4v) is 3.22. The van der Waals surface area contributed by atoms with E-state index in [1.807, 2.05) is 6.26 Å². The van der Waals surface area contributed by atoms with Crippen molar-refractivity contribution in [3.05, 3.63) is 27.2 Å². The second kappa shape index (κ2) is 8.85. The van der Waals surface area contributed by atoms with Crippen LogP contribution in [0, 0.1) is 0 Å². The highest BCUT2D eigenvalue weighted by molar-refractivity contribution is 9.10. The normalized spacial score (nSPS) is 11.9. The quantitative estimate of drug-likeness (QED) is 0.499. The van der Waals surface area contributed by atoms with E-state index in [0.29, 0.717) is 26.5 Å². The number of nitrogens with zero attached hydrogens (tertiary/aromatic N) is 1. The molecule has 0 N–H and O–H groups in total. The van der Waals surface area contributed by atoms with Gasteiger partial charge in [0.15, 0.2) is 0 Å². The Morgan fingerprint density at radius 2 is 1.54 bits per heavy atom. The van der Waals surface area contributed by atoms with E-state index in [9.17, 15) is 9.59 Å². The first-order valence-electron chi connectivity index (χ1n) is 7.98. The Bertz CT molecular complexity index is 655. The van der Waals surface area contributed by atoms with Gasteiger partial charge >= 0.3 is 12.2 Å². The zero-order chi connectivity index (χ0) is 20.3. The summed E-state index contributed by atoms with van der Waals surface area (Å²) in [5.74, 6) is 0.510. The third-order valence-electron chi connectivity index (χ3n) is 2.85. The van der Waals surface area contributed by atoms with Gasteiger partial charge in [-0.05, 0) is 75.9 Å². The lowest BCUT2D eigenvalue weighted by atomic mass is 10.1. The van der Waals surface area contributed by atoms with Crippen LogP contribution in [0.2, 0.25) is 5.02 Å². The summed E-state index contributed by atoms with van der Waals surface area (Å²) in [7, 11) is 0. The number of benzene rings is 1. The Morgan fingerprint density at radius 3 is 1.92 bits per heavy atom. The largest absolute Gasteiger partial charge is 0.443 e. The van der Waals surface area contributed by atoms with E-state index in [1.165, 1.54) is 11.8 Å². The third-order valence-corrected chi connectivity index (χ3v) is 4.75. The Hall–Kier alpha value is -0.920. The first kappa shape index (κ1) is 23.1. The van der Waals surface area contributed by atoms with Crippen LogP contribution in [0.1, 0.15) is 47.1 Å². The molecular formula is C18H25BrClNO4S. The van der Waals surface area contributed by atoms with Gasteiger partial charge in [0, 0.05) is 15.8 Å². The molecule has 146 valence electrons. The molecule has 0 saturated heterocycles. The van der Waals surface area contributed by atoms with E-state index >= 15 is 0 Å². The molecule has 0 fully saturated rings. The van der Waals surface area contributed by atoms with Gasteiger partial charge in [0.05, 0.1) is 10.7 Å². The van der Waals surface area contributed by atoms with Crippen molar-refractivity contribution in [3.8, 4) is 0 Å². The molecule has 0 aliphatic carbocycles. The Balaban J connectivity index is 3.48. The molecule has 1 aromatic rings. The second-order valence-corrected chi connectivity index (χ2v) is 9.69.